The van der Waals surface area contributed by atoms with Crippen LogP contribution >= 0.6 is 11.3 Å². The molecule has 32 heavy (non-hydrogen) atoms. The zero-order valence-electron chi connectivity index (χ0n) is 18.6. The molecule has 2 amide bonds. The molecule has 3 heterocycles. The van der Waals surface area contributed by atoms with Crippen LogP contribution in [0.2, 0.25) is 0 Å². The van der Waals surface area contributed by atoms with Gasteiger partial charge in [0.2, 0.25) is 0 Å². The lowest BCUT2D eigenvalue weighted by atomic mass is 9.94. The second kappa shape index (κ2) is 9.63. The third-order valence-corrected chi connectivity index (χ3v) is 6.86. The molecule has 1 atom stereocenters. The summed E-state index contributed by atoms with van der Waals surface area (Å²) in [7, 11) is 1.56. The fraction of sp³-hybridized carbons (Fsp3) is 0.320. The van der Waals surface area contributed by atoms with Crippen LogP contribution in [0.4, 0.5) is 0 Å². The highest BCUT2D eigenvalue weighted by atomic mass is 32.1. The van der Waals surface area contributed by atoms with Crippen molar-refractivity contribution in [2.24, 2.45) is 0 Å². The molecule has 0 fully saturated rings. The minimum Gasteiger partial charge on any atom is -0.367 e. The Hall–Kier alpha value is -3.03. The average Bonchev–Trinajstić information content (AvgIpc) is 3.25. The summed E-state index contributed by atoms with van der Waals surface area (Å²) in [6, 6.07) is 13.4. The van der Waals surface area contributed by atoms with Crippen molar-refractivity contribution < 1.29 is 14.3 Å². The van der Waals surface area contributed by atoms with Crippen molar-refractivity contribution in [1.29, 1.82) is 0 Å². The summed E-state index contributed by atoms with van der Waals surface area (Å²) in [6.45, 7) is 5.47. The van der Waals surface area contributed by atoms with E-state index in [2.05, 4.69) is 10.3 Å². The van der Waals surface area contributed by atoms with Crippen LogP contribution in [0, 0.1) is 13.8 Å². The standard InChI is InChI=1S/C25H27N3O3S/c1-16-9-10-22(32-16)24(29)27-14-21-17(2)26-13-19-15-28(12-11-20(19)21)25(30)23(31-3)18-7-5-4-6-8-18/h4-10,13,23H,11-12,14-15H2,1-3H3,(H,27,29)/t23-/m1/s1. The van der Waals surface area contributed by atoms with Gasteiger partial charge in [-0.25, -0.2) is 0 Å². The topological polar surface area (TPSA) is 71.5 Å². The molecule has 0 aliphatic carbocycles. The number of methoxy groups -OCH3 is 1. The van der Waals surface area contributed by atoms with Gasteiger partial charge in [-0.15, -0.1) is 11.3 Å². The molecular formula is C25H27N3O3S. The summed E-state index contributed by atoms with van der Waals surface area (Å²) in [5.74, 6) is -0.119. The monoisotopic (exact) mass is 449 g/mol. The molecule has 1 aromatic carbocycles. The lowest BCUT2D eigenvalue weighted by Crippen LogP contribution is -2.40. The Kier molecular flexibility index (Phi) is 6.67. The van der Waals surface area contributed by atoms with Crippen molar-refractivity contribution in [3.63, 3.8) is 0 Å². The Morgan fingerprint density at radius 3 is 2.66 bits per heavy atom. The van der Waals surface area contributed by atoms with E-state index in [0.717, 1.165) is 33.7 Å². The number of aryl methyl sites for hydroxylation is 2. The lowest BCUT2D eigenvalue weighted by Gasteiger charge is -2.32. The summed E-state index contributed by atoms with van der Waals surface area (Å²) in [4.78, 5) is 33.9. The molecule has 4 rings (SSSR count). The maximum absolute atomic E-state index is 13.2. The van der Waals surface area contributed by atoms with Crippen molar-refractivity contribution in [2.75, 3.05) is 13.7 Å². The van der Waals surface area contributed by atoms with E-state index < -0.39 is 6.10 Å². The second-order valence-electron chi connectivity index (χ2n) is 7.96. The van der Waals surface area contributed by atoms with E-state index in [9.17, 15) is 9.59 Å². The third kappa shape index (κ3) is 4.59. The summed E-state index contributed by atoms with van der Waals surface area (Å²) in [5, 5.41) is 3.03. The van der Waals surface area contributed by atoms with Gasteiger partial charge < -0.3 is 15.0 Å². The molecule has 6 nitrogen and oxygen atoms in total. The number of thiophene rings is 1. The smallest absolute Gasteiger partial charge is 0.261 e. The predicted molar refractivity (Wildman–Crippen MR) is 125 cm³/mol. The summed E-state index contributed by atoms with van der Waals surface area (Å²) >= 11 is 1.49. The number of hydrogen-bond donors (Lipinski definition) is 1. The van der Waals surface area contributed by atoms with E-state index >= 15 is 0 Å². The number of benzene rings is 1. The highest BCUT2D eigenvalue weighted by molar-refractivity contribution is 7.13. The Bertz CT molecular complexity index is 1130. The number of carbonyl (C=O) groups is 2. The Labute approximate surface area is 192 Å². The van der Waals surface area contributed by atoms with Crippen LogP contribution in [-0.4, -0.2) is 35.4 Å². The van der Waals surface area contributed by atoms with Crippen LogP contribution in [0.3, 0.4) is 0 Å². The number of hydrogen-bond acceptors (Lipinski definition) is 5. The molecule has 0 unspecified atom stereocenters. The predicted octanol–water partition coefficient (Wildman–Crippen LogP) is 3.96. The van der Waals surface area contributed by atoms with Gasteiger partial charge in [0.15, 0.2) is 6.10 Å². The van der Waals surface area contributed by atoms with Crippen molar-refractivity contribution >= 4 is 23.2 Å². The second-order valence-corrected chi connectivity index (χ2v) is 9.24. The van der Waals surface area contributed by atoms with E-state index in [-0.39, 0.29) is 11.8 Å². The van der Waals surface area contributed by atoms with Gasteiger partial charge in [0.25, 0.3) is 11.8 Å². The minimum absolute atomic E-state index is 0.0483. The van der Waals surface area contributed by atoms with Gasteiger partial charge in [0, 0.05) is 43.5 Å². The van der Waals surface area contributed by atoms with Gasteiger partial charge in [-0.2, -0.15) is 0 Å². The van der Waals surface area contributed by atoms with Crippen LogP contribution < -0.4 is 5.32 Å². The van der Waals surface area contributed by atoms with E-state index in [0.29, 0.717) is 24.5 Å². The molecule has 7 heteroatoms. The maximum atomic E-state index is 13.2. The molecule has 3 aromatic rings. The lowest BCUT2D eigenvalue weighted by molar-refractivity contribution is -0.143. The summed E-state index contributed by atoms with van der Waals surface area (Å²) < 4.78 is 5.54. The molecule has 0 bridgehead atoms. The summed E-state index contributed by atoms with van der Waals surface area (Å²) in [6.07, 6.45) is 1.95. The maximum Gasteiger partial charge on any atom is 0.261 e. The first-order valence-corrected chi connectivity index (χ1v) is 11.5. The number of nitrogens with one attached hydrogen (secondary N) is 1. The minimum atomic E-state index is -0.621. The zero-order valence-corrected chi connectivity index (χ0v) is 19.4. The van der Waals surface area contributed by atoms with E-state index in [4.69, 9.17) is 4.74 Å². The van der Waals surface area contributed by atoms with Crippen LogP contribution in [0.5, 0.6) is 0 Å². The van der Waals surface area contributed by atoms with Crippen molar-refractivity contribution in [1.82, 2.24) is 15.2 Å². The van der Waals surface area contributed by atoms with Crippen molar-refractivity contribution in [3.05, 3.63) is 86.4 Å². The van der Waals surface area contributed by atoms with Gasteiger partial charge in [-0.3, -0.25) is 14.6 Å². The fourth-order valence-electron chi connectivity index (χ4n) is 4.13. The first kappa shape index (κ1) is 22.2. The molecule has 2 aromatic heterocycles. The molecule has 0 radical (unpaired) electrons. The number of carbonyl (C=O) groups excluding carboxylic acids is 2. The van der Waals surface area contributed by atoms with E-state index in [1.54, 1.807) is 7.11 Å². The average molecular weight is 450 g/mol. The van der Waals surface area contributed by atoms with Crippen LogP contribution in [-0.2, 0) is 29.0 Å². The highest BCUT2D eigenvalue weighted by Crippen LogP contribution is 2.27. The largest absolute Gasteiger partial charge is 0.367 e. The van der Waals surface area contributed by atoms with Crippen LogP contribution in [0.1, 0.15) is 48.6 Å². The van der Waals surface area contributed by atoms with Crippen LogP contribution in [0.15, 0.2) is 48.7 Å². The van der Waals surface area contributed by atoms with Gasteiger partial charge in [-0.1, -0.05) is 30.3 Å². The number of ether oxygens (including phenoxy) is 1. The Morgan fingerprint density at radius 1 is 1.19 bits per heavy atom. The molecular weight excluding hydrogens is 422 g/mol. The molecule has 1 aliphatic rings. The SMILES string of the molecule is CO[C@@H](C(=O)N1CCc2c(cnc(C)c2CNC(=O)c2ccc(C)s2)C1)c1ccccc1. The highest BCUT2D eigenvalue weighted by Gasteiger charge is 2.29. The van der Waals surface area contributed by atoms with Gasteiger partial charge in [-0.05, 0) is 54.7 Å². The number of pyridine rings is 1. The number of fused-ring (bicyclic) bond motifs is 1. The van der Waals surface area contributed by atoms with Crippen LogP contribution in [0.25, 0.3) is 0 Å². The Morgan fingerprint density at radius 2 is 1.97 bits per heavy atom. The normalized spacial score (nSPS) is 14.0. The van der Waals surface area contributed by atoms with E-state index in [1.807, 2.05) is 67.4 Å². The number of aromatic nitrogens is 1. The number of amides is 2. The molecule has 0 saturated heterocycles. The molecule has 0 saturated carbocycles. The first-order chi connectivity index (χ1) is 15.5. The molecule has 1 aliphatic heterocycles. The number of nitrogens with zero attached hydrogens (tertiary/aromatic N) is 2. The van der Waals surface area contributed by atoms with Gasteiger partial charge >= 0.3 is 0 Å². The van der Waals surface area contributed by atoms with Gasteiger partial charge in [0.05, 0.1) is 4.88 Å². The van der Waals surface area contributed by atoms with Gasteiger partial charge in [0.1, 0.15) is 0 Å². The quantitative estimate of drug-likeness (QED) is 0.618. The van der Waals surface area contributed by atoms with Crippen molar-refractivity contribution in [2.45, 2.75) is 39.5 Å². The molecule has 0 spiro atoms. The zero-order chi connectivity index (χ0) is 22.7. The molecule has 166 valence electrons. The van der Waals surface area contributed by atoms with E-state index in [1.165, 1.54) is 16.9 Å². The first-order valence-electron chi connectivity index (χ1n) is 10.6. The molecule has 1 N–H and O–H groups in total. The third-order valence-electron chi connectivity index (χ3n) is 5.86. The number of rotatable bonds is 6. The fourth-order valence-corrected chi connectivity index (χ4v) is 4.91. The Balaban J connectivity index is 1.49. The van der Waals surface area contributed by atoms with Crippen molar-refractivity contribution in [3.8, 4) is 0 Å². The summed E-state index contributed by atoms with van der Waals surface area (Å²) in [5.41, 5.74) is 5.00.